The Labute approximate surface area is 170 Å². The molecule has 0 amide bonds. The van der Waals surface area contributed by atoms with Gasteiger partial charge >= 0.3 is 0 Å². The van der Waals surface area contributed by atoms with E-state index in [0.29, 0.717) is 6.54 Å². The van der Waals surface area contributed by atoms with Crippen LogP contribution in [-0.4, -0.2) is 46.4 Å². The molecule has 6 heteroatoms. The molecule has 0 aliphatic carbocycles. The van der Waals surface area contributed by atoms with Crippen LogP contribution in [0, 0.1) is 12.3 Å². The van der Waals surface area contributed by atoms with Crippen molar-refractivity contribution in [3.8, 4) is 5.75 Å². The summed E-state index contributed by atoms with van der Waals surface area (Å²) in [5, 5.41) is 6.68. The van der Waals surface area contributed by atoms with Crippen LogP contribution in [0.4, 0.5) is 0 Å². The highest BCUT2D eigenvalue weighted by atomic mass is 127. The summed E-state index contributed by atoms with van der Waals surface area (Å²) in [6.45, 7) is 10.1. The van der Waals surface area contributed by atoms with Crippen molar-refractivity contribution in [2.45, 2.75) is 40.2 Å². The molecule has 144 valence electrons. The Bertz CT molecular complexity index is 542. The van der Waals surface area contributed by atoms with Crippen LogP contribution in [0.15, 0.2) is 23.2 Å². The van der Waals surface area contributed by atoms with Crippen LogP contribution in [0.1, 0.15) is 31.9 Å². The van der Waals surface area contributed by atoms with E-state index in [1.165, 1.54) is 11.1 Å². The Hall–Kier alpha value is -1.02. The molecule has 0 spiro atoms. The topological polar surface area (TPSA) is 54.9 Å². The minimum atomic E-state index is 0. The molecule has 0 heterocycles. The van der Waals surface area contributed by atoms with E-state index in [2.05, 4.69) is 55.5 Å². The zero-order chi connectivity index (χ0) is 18.2. The molecule has 2 N–H and O–H groups in total. The summed E-state index contributed by atoms with van der Waals surface area (Å²) >= 11 is 0. The largest absolute Gasteiger partial charge is 0.496 e. The summed E-state index contributed by atoms with van der Waals surface area (Å²) in [5.74, 6) is 1.71. The third-order valence-corrected chi connectivity index (χ3v) is 4.05. The number of methoxy groups -OCH3 is 2. The SMILES string of the molecule is CN=C(NCCc1cc(C)ccc1OC)NCC(OC)C(C)(C)C.I. The Morgan fingerprint density at radius 3 is 2.40 bits per heavy atom. The monoisotopic (exact) mass is 463 g/mol. The van der Waals surface area contributed by atoms with E-state index in [4.69, 9.17) is 9.47 Å². The maximum atomic E-state index is 5.57. The number of aryl methyl sites for hydroxylation is 1. The van der Waals surface area contributed by atoms with Crippen LogP contribution in [-0.2, 0) is 11.2 Å². The first-order chi connectivity index (χ1) is 11.3. The first-order valence-corrected chi connectivity index (χ1v) is 8.42. The molecule has 1 rings (SSSR count). The summed E-state index contributed by atoms with van der Waals surface area (Å²) in [7, 11) is 5.23. The summed E-state index contributed by atoms with van der Waals surface area (Å²) in [5.41, 5.74) is 2.52. The van der Waals surface area contributed by atoms with Gasteiger partial charge in [-0.1, -0.05) is 38.5 Å². The highest BCUT2D eigenvalue weighted by Gasteiger charge is 2.24. The van der Waals surface area contributed by atoms with E-state index < -0.39 is 0 Å². The number of aliphatic imine (C=N–C) groups is 1. The maximum Gasteiger partial charge on any atom is 0.191 e. The molecule has 1 aromatic rings. The van der Waals surface area contributed by atoms with Crippen molar-refractivity contribution in [3.05, 3.63) is 29.3 Å². The number of nitrogens with zero attached hydrogens (tertiary/aromatic N) is 1. The lowest BCUT2D eigenvalue weighted by molar-refractivity contribution is 0.0205. The van der Waals surface area contributed by atoms with Gasteiger partial charge in [-0.15, -0.1) is 24.0 Å². The van der Waals surface area contributed by atoms with Crippen LogP contribution >= 0.6 is 24.0 Å². The van der Waals surface area contributed by atoms with E-state index in [0.717, 1.165) is 24.7 Å². The summed E-state index contributed by atoms with van der Waals surface area (Å²) in [6, 6.07) is 6.25. The number of hydrogen-bond donors (Lipinski definition) is 2. The van der Waals surface area contributed by atoms with Crippen molar-refractivity contribution in [2.75, 3.05) is 34.4 Å². The fourth-order valence-corrected chi connectivity index (χ4v) is 2.57. The van der Waals surface area contributed by atoms with Crippen molar-refractivity contribution in [2.24, 2.45) is 10.4 Å². The van der Waals surface area contributed by atoms with E-state index >= 15 is 0 Å². The van der Waals surface area contributed by atoms with Crippen LogP contribution in [0.25, 0.3) is 0 Å². The summed E-state index contributed by atoms with van der Waals surface area (Å²) < 4.78 is 11.0. The lowest BCUT2D eigenvalue weighted by atomic mass is 9.89. The molecule has 0 bridgehead atoms. The van der Waals surface area contributed by atoms with Gasteiger partial charge in [0, 0.05) is 27.2 Å². The molecule has 0 aliphatic rings. The van der Waals surface area contributed by atoms with Crippen molar-refractivity contribution in [3.63, 3.8) is 0 Å². The second-order valence-electron chi connectivity index (χ2n) is 7.04. The van der Waals surface area contributed by atoms with E-state index in [1.807, 2.05) is 6.07 Å². The number of rotatable bonds is 7. The number of hydrogen-bond acceptors (Lipinski definition) is 3. The molecule has 1 aromatic carbocycles. The molecule has 0 saturated carbocycles. The van der Waals surface area contributed by atoms with Crippen LogP contribution in [0.5, 0.6) is 5.75 Å². The lowest BCUT2D eigenvalue weighted by Crippen LogP contribution is -2.45. The molecule has 0 fully saturated rings. The third-order valence-electron chi connectivity index (χ3n) is 4.05. The van der Waals surface area contributed by atoms with Crippen molar-refractivity contribution in [1.82, 2.24) is 10.6 Å². The Kier molecular flexibility index (Phi) is 11.1. The van der Waals surface area contributed by atoms with Crippen molar-refractivity contribution in [1.29, 1.82) is 0 Å². The average molecular weight is 463 g/mol. The average Bonchev–Trinajstić information content (AvgIpc) is 2.52. The molecular formula is C19H34IN3O2. The fourth-order valence-electron chi connectivity index (χ4n) is 2.57. The van der Waals surface area contributed by atoms with Gasteiger partial charge in [0.25, 0.3) is 0 Å². The number of guanidine groups is 1. The van der Waals surface area contributed by atoms with Crippen molar-refractivity contribution >= 4 is 29.9 Å². The molecule has 0 saturated heterocycles. The highest BCUT2D eigenvalue weighted by Crippen LogP contribution is 2.21. The maximum absolute atomic E-state index is 5.57. The fraction of sp³-hybridized carbons (Fsp3) is 0.632. The van der Waals surface area contributed by atoms with Crippen LogP contribution < -0.4 is 15.4 Å². The van der Waals surface area contributed by atoms with Gasteiger partial charge in [0.2, 0.25) is 0 Å². The predicted molar refractivity (Wildman–Crippen MR) is 116 cm³/mol. The van der Waals surface area contributed by atoms with Crippen LogP contribution in [0.3, 0.4) is 0 Å². The number of benzene rings is 1. The smallest absolute Gasteiger partial charge is 0.191 e. The van der Waals surface area contributed by atoms with Crippen molar-refractivity contribution < 1.29 is 9.47 Å². The Morgan fingerprint density at radius 2 is 1.88 bits per heavy atom. The molecule has 1 atom stereocenters. The Balaban J connectivity index is 0.00000576. The molecule has 25 heavy (non-hydrogen) atoms. The summed E-state index contributed by atoms with van der Waals surface area (Å²) in [4.78, 5) is 4.28. The third kappa shape index (κ3) is 8.27. The zero-order valence-corrected chi connectivity index (χ0v) is 18.9. The number of halogens is 1. The second kappa shape index (κ2) is 11.6. The first kappa shape index (κ1) is 24.0. The van der Waals surface area contributed by atoms with Gasteiger partial charge in [0.1, 0.15) is 5.75 Å². The second-order valence-corrected chi connectivity index (χ2v) is 7.04. The van der Waals surface area contributed by atoms with Gasteiger partial charge in [-0.25, -0.2) is 0 Å². The van der Waals surface area contributed by atoms with Gasteiger partial charge < -0.3 is 20.1 Å². The minimum Gasteiger partial charge on any atom is -0.496 e. The first-order valence-electron chi connectivity index (χ1n) is 8.42. The van der Waals surface area contributed by atoms with Gasteiger partial charge in [-0.05, 0) is 30.4 Å². The highest BCUT2D eigenvalue weighted by molar-refractivity contribution is 14.0. The molecule has 5 nitrogen and oxygen atoms in total. The summed E-state index contributed by atoms with van der Waals surface area (Å²) in [6.07, 6.45) is 0.992. The quantitative estimate of drug-likeness (QED) is 0.370. The lowest BCUT2D eigenvalue weighted by Gasteiger charge is -2.30. The molecule has 1 unspecified atom stereocenters. The van der Waals surface area contributed by atoms with Gasteiger partial charge in [-0.2, -0.15) is 0 Å². The predicted octanol–water partition coefficient (Wildman–Crippen LogP) is 3.39. The van der Waals surface area contributed by atoms with E-state index in [9.17, 15) is 0 Å². The number of ether oxygens (including phenoxy) is 2. The molecule has 0 aliphatic heterocycles. The zero-order valence-electron chi connectivity index (χ0n) is 16.6. The van der Waals surface area contributed by atoms with Gasteiger partial charge in [0.05, 0.1) is 13.2 Å². The van der Waals surface area contributed by atoms with Crippen LogP contribution in [0.2, 0.25) is 0 Å². The normalized spacial score (nSPS) is 13.0. The molecular weight excluding hydrogens is 429 g/mol. The molecule has 0 radical (unpaired) electrons. The van der Waals surface area contributed by atoms with E-state index in [1.54, 1.807) is 21.3 Å². The van der Waals surface area contributed by atoms with Gasteiger partial charge in [0.15, 0.2) is 5.96 Å². The standard InChI is InChI=1S/C19H33N3O2.HI/c1-14-8-9-16(23-6)15(12-14)10-11-21-18(20-5)22-13-17(24-7)19(2,3)4;/h8-9,12,17H,10-11,13H2,1-7H3,(H2,20,21,22);1H. The number of nitrogens with one attached hydrogen (secondary N) is 2. The Morgan fingerprint density at radius 1 is 1.20 bits per heavy atom. The molecule has 0 aromatic heterocycles. The van der Waals surface area contributed by atoms with Gasteiger partial charge in [-0.3, -0.25) is 4.99 Å². The minimum absolute atomic E-state index is 0. The van der Waals surface area contributed by atoms with E-state index in [-0.39, 0.29) is 35.5 Å².